The summed E-state index contributed by atoms with van der Waals surface area (Å²) in [6.45, 7) is 6.05. The highest BCUT2D eigenvalue weighted by Crippen LogP contribution is 2.46. The topological polar surface area (TPSA) is 32.3 Å². The van der Waals surface area contributed by atoms with Crippen molar-refractivity contribution < 1.29 is 5.11 Å². The molecule has 2 aromatic rings. The molecule has 0 aromatic heterocycles. The summed E-state index contributed by atoms with van der Waals surface area (Å²) < 4.78 is 0. The summed E-state index contributed by atoms with van der Waals surface area (Å²) in [5.41, 5.74) is 1.74. The minimum atomic E-state index is -0.733. The highest BCUT2D eigenvalue weighted by molar-refractivity contribution is 5.27. The molecule has 0 amide bonds. The maximum Gasteiger partial charge on any atom is 0.0746 e. The summed E-state index contributed by atoms with van der Waals surface area (Å²) in [5, 5.41) is 15.3. The van der Waals surface area contributed by atoms with Crippen LogP contribution < -0.4 is 5.32 Å². The molecule has 2 nitrogen and oxygen atoms in total. The van der Waals surface area contributed by atoms with E-state index in [1.165, 1.54) is 11.1 Å². The van der Waals surface area contributed by atoms with Crippen molar-refractivity contribution >= 4 is 0 Å². The van der Waals surface area contributed by atoms with Gasteiger partial charge in [0, 0.05) is 18.0 Å². The molecule has 126 valence electrons. The maximum atomic E-state index is 11.5. The number of piperidine rings is 1. The molecule has 2 aromatic carbocycles. The van der Waals surface area contributed by atoms with Crippen LogP contribution in [0.3, 0.4) is 0 Å². The van der Waals surface area contributed by atoms with Crippen LogP contribution in [-0.2, 0) is 0 Å². The van der Waals surface area contributed by atoms with E-state index in [2.05, 4.69) is 67.4 Å². The second-order valence-electron chi connectivity index (χ2n) is 6.83. The molecule has 24 heavy (non-hydrogen) atoms. The van der Waals surface area contributed by atoms with Crippen molar-refractivity contribution in [1.82, 2.24) is 5.32 Å². The van der Waals surface area contributed by atoms with E-state index in [1.807, 2.05) is 18.2 Å². The maximum absolute atomic E-state index is 11.5. The van der Waals surface area contributed by atoms with Gasteiger partial charge in [-0.25, -0.2) is 0 Å². The predicted molar refractivity (Wildman–Crippen MR) is 99.7 cm³/mol. The molecule has 3 rings (SSSR count). The molecular formula is C22H27NO. The zero-order valence-corrected chi connectivity index (χ0v) is 14.4. The Morgan fingerprint density at radius 2 is 1.67 bits per heavy atom. The van der Waals surface area contributed by atoms with E-state index in [0.717, 1.165) is 6.42 Å². The Labute approximate surface area is 145 Å². The van der Waals surface area contributed by atoms with Gasteiger partial charge in [-0.3, -0.25) is 0 Å². The van der Waals surface area contributed by atoms with Crippen molar-refractivity contribution in [2.24, 2.45) is 5.92 Å². The van der Waals surface area contributed by atoms with Gasteiger partial charge in [0.1, 0.15) is 0 Å². The molecule has 0 unspecified atom stereocenters. The molecule has 0 bridgehead atoms. The highest BCUT2D eigenvalue weighted by atomic mass is 16.3. The quantitative estimate of drug-likeness (QED) is 0.776. The van der Waals surface area contributed by atoms with Gasteiger partial charge in [0.25, 0.3) is 0 Å². The standard InChI is InChI=1S/C22H27NO/c1-3-15-22(24)16-20(17-11-7-5-8-12-17)23-21(19(22)4-2)18-13-9-6-10-14-18/h3,5-14,19-21,23-24H,1,4,15-16H2,2H3/t19-,20+,21-,22-/m0/s1. The van der Waals surface area contributed by atoms with Gasteiger partial charge in [-0.1, -0.05) is 73.7 Å². The lowest BCUT2D eigenvalue weighted by Crippen LogP contribution is -2.52. The van der Waals surface area contributed by atoms with E-state index in [-0.39, 0.29) is 18.0 Å². The number of hydrogen-bond acceptors (Lipinski definition) is 2. The van der Waals surface area contributed by atoms with Gasteiger partial charge < -0.3 is 10.4 Å². The average Bonchev–Trinajstić information content (AvgIpc) is 2.62. The second kappa shape index (κ2) is 7.33. The molecule has 1 fully saturated rings. The molecule has 4 atom stereocenters. The van der Waals surface area contributed by atoms with E-state index in [4.69, 9.17) is 0 Å². The van der Waals surface area contributed by atoms with E-state index in [9.17, 15) is 5.11 Å². The van der Waals surface area contributed by atoms with Gasteiger partial charge in [0.15, 0.2) is 0 Å². The SMILES string of the molecule is C=CC[C@]1(O)C[C@H](c2ccccc2)N[C@@H](c2ccccc2)[C@@H]1CC. The van der Waals surface area contributed by atoms with Crippen molar-refractivity contribution in [3.8, 4) is 0 Å². The van der Waals surface area contributed by atoms with Gasteiger partial charge in [-0.2, -0.15) is 0 Å². The molecule has 1 saturated heterocycles. The monoisotopic (exact) mass is 321 g/mol. The number of nitrogens with one attached hydrogen (secondary N) is 1. The number of rotatable bonds is 5. The van der Waals surface area contributed by atoms with Crippen LogP contribution in [0.2, 0.25) is 0 Å². The Kier molecular flexibility index (Phi) is 5.17. The number of aliphatic hydroxyl groups is 1. The molecule has 0 spiro atoms. The largest absolute Gasteiger partial charge is 0.389 e. The molecule has 0 radical (unpaired) electrons. The first-order valence-electron chi connectivity index (χ1n) is 8.87. The third-order valence-electron chi connectivity index (χ3n) is 5.33. The van der Waals surface area contributed by atoms with Crippen LogP contribution in [0.4, 0.5) is 0 Å². The first kappa shape index (κ1) is 16.9. The summed E-state index contributed by atoms with van der Waals surface area (Å²) in [4.78, 5) is 0. The summed E-state index contributed by atoms with van der Waals surface area (Å²) in [5.74, 6) is 0.165. The highest BCUT2D eigenvalue weighted by Gasteiger charge is 2.46. The smallest absolute Gasteiger partial charge is 0.0746 e. The van der Waals surface area contributed by atoms with Gasteiger partial charge >= 0.3 is 0 Å². The summed E-state index contributed by atoms with van der Waals surface area (Å²) >= 11 is 0. The normalized spacial score (nSPS) is 30.0. The van der Waals surface area contributed by atoms with Crippen LogP contribution >= 0.6 is 0 Å². The van der Waals surface area contributed by atoms with E-state index < -0.39 is 5.60 Å². The van der Waals surface area contributed by atoms with Crippen LogP contribution in [0.5, 0.6) is 0 Å². The van der Waals surface area contributed by atoms with E-state index in [1.54, 1.807) is 0 Å². The van der Waals surface area contributed by atoms with Crippen LogP contribution in [0.25, 0.3) is 0 Å². The molecular weight excluding hydrogens is 294 g/mol. The third-order valence-corrected chi connectivity index (χ3v) is 5.33. The van der Waals surface area contributed by atoms with Crippen LogP contribution in [-0.4, -0.2) is 10.7 Å². The van der Waals surface area contributed by atoms with Crippen molar-refractivity contribution in [3.63, 3.8) is 0 Å². The molecule has 2 N–H and O–H groups in total. The number of benzene rings is 2. The first-order chi connectivity index (χ1) is 11.7. The summed E-state index contributed by atoms with van der Waals surface area (Å²) in [6.07, 6.45) is 4.13. The minimum absolute atomic E-state index is 0.139. The van der Waals surface area contributed by atoms with Crippen molar-refractivity contribution in [2.75, 3.05) is 0 Å². The van der Waals surface area contributed by atoms with E-state index in [0.29, 0.717) is 12.8 Å². The van der Waals surface area contributed by atoms with Crippen LogP contribution in [0.1, 0.15) is 49.4 Å². The molecule has 1 aliphatic rings. The zero-order valence-electron chi connectivity index (χ0n) is 14.4. The Morgan fingerprint density at radius 1 is 1.08 bits per heavy atom. The molecule has 1 aliphatic heterocycles. The van der Waals surface area contributed by atoms with Gasteiger partial charge in [-0.05, 0) is 30.4 Å². The Morgan fingerprint density at radius 3 is 2.21 bits per heavy atom. The first-order valence-corrected chi connectivity index (χ1v) is 8.87. The van der Waals surface area contributed by atoms with Crippen molar-refractivity contribution in [3.05, 3.63) is 84.4 Å². The molecule has 0 saturated carbocycles. The average molecular weight is 321 g/mol. The lowest BCUT2D eigenvalue weighted by molar-refractivity contribution is -0.0741. The predicted octanol–water partition coefficient (Wildman–Crippen LogP) is 4.80. The Hall–Kier alpha value is -1.90. The molecule has 2 heteroatoms. The Balaban J connectivity index is 2.00. The lowest BCUT2D eigenvalue weighted by Gasteiger charge is -2.48. The molecule has 1 heterocycles. The molecule has 0 aliphatic carbocycles. The Bertz CT molecular complexity index is 654. The van der Waals surface area contributed by atoms with Crippen LogP contribution in [0, 0.1) is 5.92 Å². The van der Waals surface area contributed by atoms with Gasteiger partial charge in [-0.15, -0.1) is 6.58 Å². The lowest BCUT2D eigenvalue weighted by atomic mass is 9.68. The fourth-order valence-electron chi connectivity index (χ4n) is 4.20. The summed E-state index contributed by atoms with van der Waals surface area (Å²) in [6, 6.07) is 21.2. The fraction of sp³-hybridized carbons (Fsp3) is 0.364. The zero-order chi connectivity index (χ0) is 17.0. The fourth-order valence-corrected chi connectivity index (χ4v) is 4.20. The van der Waals surface area contributed by atoms with Gasteiger partial charge in [0.05, 0.1) is 5.60 Å². The second-order valence-corrected chi connectivity index (χ2v) is 6.83. The third kappa shape index (κ3) is 3.31. The van der Waals surface area contributed by atoms with E-state index >= 15 is 0 Å². The van der Waals surface area contributed by atoms with Crippen molar-refractivity contribution in [1.29, 1.82) is 0 Å². The minimum Gasteiger partial charge on any atom is -0.389 e. The van der Waals surface area contributed by atoms with Gasteiger partial charge in [0.2, 0.25) is 0 Å². The summed E-state index contributed by atoms with van der Waals surface area (Å²) in [7, 11) is 0. The number of hydrogen-bond donors (Lipinski definition) is 2. The van der Waals surface area contributed by atoms with Crippen molar-refractivity contribution in [2.45, 2.75) is 43.9 Å². The van der Waals surface area contributed by atoms with Crippen LogP contribution in [0.15, 0.2) is 73.3 Å².